The molecule has 0 radical (unpaired) electrons. The van der Waals surface area contributed by atoms with Crippen molar-refractivity contribution in [1.29, 1.82) is 0 Å². The summed E-state index contributed by atoms with van der Waals surface area (Å²) in [5.41, 5.74) is 6.31. The number of rotatable bonds is 3. The minimum absolute atomic E-state index is 0.173. The number of anilines is 1. The molecule has 2 heterocycles. The van der Waals surface area contributed by atoms with E-state index in [4.69, 9.17) is 5.73 Å². The van der Waals surface area contributed by atoms with Crippen molar-refractivity contribution in [3.8, 4) is 0 Å². The largest absolute Gasteiger partial charge is 0.382 e. The highest BCUT2D eigenvalue weighted by Gasteiger charge is 2.25. The van der Waals surface area contributed by atoms with Gasteiger partial charge in [-0.3, -0.25) is 14.8 Å². The van der Waals surface area contributed by atoms with Gasteiger partial charge in [0.25, 0.3) is 5.91 Å². The van der Waals surface area contributed by atoms with Crippen LogP contribution in [-0.2, 0) is 6.54 Å². The number of aromatic nitrogens is 2. The van der Waals surface area contributed by atoms with Crippen molar-refractivity contribution < 1.29 is 13.6 Å². The minimum atomic E-state index is -0.841. The van der Waals surface area contributed by atoms with Crippen LogP contribution < -0.4 is 5.73 Å². The Morgan fingerprint density at radius 1 is 1.26 bits per heavy atom. The summed E-state index contributed by atoms with van der Waals surface area (Å²) in [4.78, 5) is 16.0. The standard InChI is InChI=1S/C15H17F2N5O/c16-12-3-1-2-10(13(12)17)9-21-4-6-22(7-5-21)15(23)11-8-19-20-14(11)18/h1-3,8H,4-7,9H2,(H3,18,19,20). The Bertz CT molecular complexity index is 710. The third-order valence-electron chi connectivity index (χ3n) is 3.99. The molecular weight excluding hydrogens is 304 g/mol. The normalized spacial score (nSPS) is 15.8. The van der Waals surface area contributed by atoms with Crippen LogP contribution in [0.5, 0.6) is 0 Å². The second kappa shape index (κ2) is 6.33. The Balaban J connectivity index is 1.59. The number of H-pyrrole nitrogens is 1. The van der Waals surface area contributed by atoms with E-state index in [9.17, 15) is 13.6 Å². The average molecular weight is 321 g/mol. The van der Waals surface area contributed by atoms with E-state index in [1.54, 1.807) is 11.0 Å². The van der Waals surface area contributed by atoms with E-state index >= 15 is 0 Å². The number of halogens is 2. The highest BCUT2D eigenvalue weighted by Crippen LogP contribution is 2.16. The van der Waals surface area contributed by atoms with Gasteiger partial charge in [0.1, 0.15) is 5.56 Å². The van der Waals surface area contributed by atoms with Crippen LogP contribution in [-0.4, -0.2) is 52.1 Å². The summed E-state index contributed by atoms with van der Waals surface area (Å²) >= 11 is 0. The van der Waals surface area contributed by atoms with Crippen LogP contribution in [0.1, 0.15) is 15.9 Å². The maximum atomic E-state index is 13.7. The molecule has 3 rings (SSSR count). The number of amides is 1. The topological polar surface area (TPSA) is 78.2 Å². The molecule has 2 aromatic rings. The van der Waals surface area contributed by atoms with Gasteiger partial charge in [-0.1, -0.05) is 12.1 Å². The van der Waals surface area contributed by atoms with Gasteiger partial charge in [0.15, 0.2) is 17.5 Å². The van der Waals surface area contributed by atoms with E-state index < -0.39 is 11.6 Å². The average Bonchev–Trinajstić information content (AvgIpc) is 2.98. The fourth-order valence-corrected chi connectivity index (χ4v) is 2.66. The second-order valence-electron chi connectivity index (χ2n) is 5.47. The van der Waals surface area contributed by atoms with Gasteiger partial charge in [-0.25, -0.2) is 8.78 Å². The zero-order chi connectivity index (χ0) is 16.4. The van der Waals surface area contributed by atoms with Crippen molar-refractivity contribution in [3.05, 3.63) is 47.2 Å². The number of hydrogen-bond donors (Lipinski definition) is 2. The first kappa shape index (κ1) is 15.4. The maximum Gasteiger partial charge on any atom is 0.259 e. The van der Waals surface area contributed by atoms with Crippen molar-refractivity contribution >= 4 is 11.7 Å². The molecule has 23 heavy (non-hydrogen) atoms. The summed E-state index contributed by atoms with van der Waals surface area (Å²) in [6.45, 7) is 2.49. The van der Waals surface area contributed by atoms with Gasteiger partial charge >= 0.3 is 0 Å². The van der Waals surface area contributed by atoms with Gasteiger partial charge < -0.3 is 10.6 Å². The van der Waals surface area contributed by atoms with Crippen LogP contribution >= 0.6 is 0 Å². The summed E-state index contributed by atoms with van der Waals surface area (Å²) in [5.74, 6) is -1.64. The molecule has 0 unspecified atom stereocenters. The number of nitrogen functional groups attached to an aromatic ring is 1. The number of nitrogens with one attached hydrogen (secondary N) is 1. The molecule has 1 aliphatic heterocycles. The lowest BCUT2D eigenvalue weighted by Crippen LogP contribution is -2.48. The summed E-state index contributed by atoms with van der Waals surface area (Å²) in [6.07, 6.45) is 1.48. The van der Waals surface area contributed by atoms with Gasteiger partial charge in [0.05, 0.1) is 0 Å². The Morgan fingerprint density at radius 3 is 2.65 bits per heavy atom. The fourth-order valence-electron chi connectivity index (χ4n) is 2.66. The SMILES string of the molecule is Nc1n[nH]cc1C(=O)N1CCN(Cc2cccc(F)c2F)CC1. The zero-order valence-electron chi connectivity index (χ0n) is 12.4. The van der Waals surface area contributed by atoms with Crippen LogP contribution in [0.4, 0.5) is 14.6 Å². The third-order valence-corrected chi connectivity index (χ3v) is 3.99. The van der Waals surface area contributed by atoms with Gasteiger partial charge in [0.2, 0.25) is 0 Å². The van der Waals surface area contributed by atoms with Gasteiger partial charge in [-0.2, -0.15) is 5.10 Å². The summed E-state index contributed by atoms with van der Waals surface area (Å²) in [6, 6.07) is 4.17. The molecule has 1 aromatic carbocycles. The number of carbonyl (C=O) groups excluding carboxylic acids is 1. The summed E-state index contributed by atoms with van der Waals surface area (Å²) in [5, 5.41) is 6.30. The molecule has 0 atom stereocenters. The molecular formula is C15H17F2N5O. The lowest BCUT2D eigenvalue weighted by atomic mass is 10.1. The molecule has 0 bridgehead atoms. The molecule has 122 valence electrons. The molecule has 1 fully saturated rings. The van der Waals surface area contributed by atoms with Gasteiger partial charge in [0, 0.05) is 44.5 Å². The van der Waals surface area contributed by atoms with Crippen LogP contribution in [0.3, 0.4) is 0 Å². The van der Waals surface area contributed by atoms with E-state index in [1.165, 1.54) is 12.3 Å². The number of benzene rings is 1. The first-order valence-electron chi connectivity index (χ1n) is 7.30. The Kier molecular flexibility index (Phi) is 4.24. The molecule has 0 spiro atoms. The molecule has 1 aromatic heterocycles. The van der Waals surface area contributed by atoms with Crippen molar-refractivity contribution in [2.24, 2.45) is 0 Å². The van der Waals surface area contributed by atoms with E-state index in [-0.39, 0.29) is 11.7 Å². The Hall–Kier alpha value is -2.48. The fraction of sp³-hybridized carbons (Fsp3) is 0.333. The smallest absolute Gasteiger partial charge is 0.259 e. The molecule has 1 amide bonds. The van der Waals surface area contributed by atoms with Crippen LogP contribution in [0.15, 0.2) is 24.4 Å². The van der Waals surface area contributed by atoms with E-state index in [2.05, 4.69) is 10.2 Å². The first-order chi connectivity index (χ1) is 11.1. The first-order valence-corrected chi connectivity index (χ1v) is 7.30. The van der Waals surface area contributed by atoms with E-state index in [0.717, 1.165) is 6.07 Å². The Morgan fingerprint density at radius 2 is 2.00 bits per heavy atom. The number of nitrogens with two attached hydrogens (primary N) is 1. The predicted molar refractivity (Wildman–Crippen MR) is 80.5 cm³/mol. The van der Waals surface area contributed by atoms with Crippen molar-refractivity contribution in [3.63, 3.8) is 0 Å². The lowest BCUT2D eigenvalue weighted by molar-refractivity contribution is 0.0628. The number of nitrogens with zero attached hydrogens (tertiary/aromatic N) is 3. The third kappa shape index (κ3) is 3.16. The molecule has 0 saturated carbocycles. The van der Waals surface area contributed by atoms with Gasteiger partial charge in [-0.05, 0) is 6.07 Å². The summed E-state index contributed by atoms with van der Waals surface area (Å²) in [7, 11) is 0. The monoisotopic (exact) mass is 321 g/mol. The van der Waals surface area contributed by atoms with Crippen LogP contribution in [0, 0.1) is 11.6 Å². The quantitative estimate of drug-likeness (QED) is 0.891. The highest BCUT2D eigenvalue weighted by atomic mass is 19.2. The molecule has 1 saturated heterocycles. The zero-order valence-corrected chi connectivity index (χ0v) is 12.4. The number of piperazine rings is 1. The van der Waals surface area contributed by atoms with Crippen molar-refractivity contribution in [1.82, 2.24) is 20.0 Å². The van der Waals surface area contributed by atoms with Crippen LogP contribution in [0.25, 0.3) is 0 Å². The summed E-state index contributed by atoms with van der Waals surface area (Å²) < 4.78 is 26.9. The second-order valence-corrected chi connectivity index (χ2v) is 5.47. The molecule has 3 N–H and O–H groups in total. The maximum absolute atomic E-state index is 13.7. The van der Waals surface area contributed by atoms with Crippen molar-refractivity contribution in [2.75, 3.05) is 31.9 Å². The molecule has 1 aliphatic rings. The van der Waals surface area contributed by atoms with Gasteiger partial charge in [-0.15, -0.1) is 0 Å². The predicted octanol–water partition coefficient (Wildman–Crippen LogP) is 1.23. The molecule has 6 nitrogen and oxygen atoms in total. The van der Waals surface area contributed by atoms with Crippen molar-refractivity contribution in [2.45, 2.75) is 6.54 Å². The lowest BCUT2D eigenvalue weighted by Gasteiger charge is -2.34. The molecule has 0 aliphatic carbocycles. The van der Waals surface area contributed by atoms with Crippen LogP contribution in [0.2, 0.25) is 0 Å². The Labute approximate surface area is 131 Å². The van der Waals surface area contributed by atoms with E-state index in [1.807, 2.05) is 4.90 Å². The molecule has 8 heteroatoms. The van der Waals surface area contributed by atoms with E-state index in [0.29, 0.717) is 43.9 Å². The number of carbonyl (C=O) groups is 1. The minimum Gasteiger partial charge on any atom is -0.382 e. The number of hydrogen-bond acceptors (Lipinski definition) is 4. The number of aromatic amines is 1. The highest BCUT2D eigenvalue weighted by molar-refractivity contribution is 5.98.